The summed E-state index contributed by atoms with van der Waals surface area (Å²) in [6.07, 6.45) is -4.26. The van der Waals surface area contributed by atoms with E-state index in [0.717, 1.165) is 16.7 Å². The van der Waals surface area contributed by atoms with Crippen molar-refractivity contribution in [2.45, 2.75) is 24.0 Å². The van der Waals surface area contributed by atoms with Gasteiger partial charge in [0, 0.05) is 22.4 Å². The maximum atomic E-state index is 12.4. The van der Waals surface area contributed by atoms with Crippen LogP contribution in [0.4, 0.5) is 18.9 Å². The first kappa shape index (κ1) is 10.7. The molecule has 0 bridgehead atoms. The van der Waals surface area contributed by atoms with Crippen molar-refractivity contribution in [2.24, 2.45) is 0 Å². The summed E-state index contributed by atoms with van der Waals surface area (Å²) in [5, 5.41) is 3.05. The van der Waals surface area contributed by atoms with Crippen LogP contribution in [-0.4, -0.2) is 11.8 Å². The second kappa shape index (κ2) is 3.63. The highest BCUT2D eigenvalue weighted by Gasteiger charge is 2.31. The molecule has 0 aliphatic carbocycles. The van der Waals surface area contributed by atoms with Crippen molar-refractivity contribution in [1.82, 2.24) is 0 Å². The van der Waals surface area contributed by atoms with Gasteiger partial charge in [-0.1, -0.05) is 0 Å². The SMILES string of the molecule is CC1CSc2ccc(C(F)(F)F)cc2N1. The zero-order valence-corrected chi connectivity index (χ0v) is 8.88. The quantitative estimate of drug-likeness (QED) is 0.734. The van der Waals surface area contributed by atoms with E-state index < -0.39 is 11.7 Å². The van der Waals surface area contributed by atoms with Crippen molar-refractivity contribution < 1.29 is 13.2 Å². The van der Waals surface area contributed by atoms with Crippen LogP contribution in [0.5, 0.6) is 0 Å². The van der Waals surface area contributed by atoms with E-state index in [9.17, 15) is 13.2 Å². The highest BCUT2D eigenvalue weighted by Crippen LogP contribution is 2.38. The summed E-state index contributed by atoms with van der Waals surface area (Å²) < 4.78 is 37.3. The number of alkyl halides is 3. The van der Waals surface area contributed by atoms with Crippen molar-refractivity contribution in [3.63, 3.8) is 0 Å². The Balaban J connectivity index is 2.37. The van der Waals surface area contributed by atoms with E-state index in [0.29, 0.717) is 5.69 Å². The van der Waals surface area contributed by atoms with Crippen LogP contribution in [0.3, 0.4) is 0 Å². The molecule has 0 fully saturated rings. The molecule has 1 N–H and O–H groups in total. The van der Waals surface area contributed by atoms with Crippen LogP contribution in [0.25, 0.3) is 0 Å². The second-order valence-electron chi connectivity index (χ2n) is 3.57. The largest absolute Gasteiger partial charge is 0.416 e. The van der Waals surface area contributed by atoms with Gasteiger partial charge >= 0.3 is 6.18 Å². The average Bonchev–Trinajstić information content (AvgIpc) is 2.15. The molecule has 0 saturated heterocycles. The molecule has 1 aromatic carbocycles. The zero-order valence-electron chi connectivity index (χ0n) is 8.06. The van der Waals surface area contributed by atoms with Gasteiger partial charge < -0.3 is 5.32 Å². The summed E-state index contributed by atoms with van der Waals surface area (Å²) in [6, 6.07) is 4.05. The topological polar surface area (TPSA) is 12.0 Å². The molecule has 82 valence electrons. The smallest absolute Gasteiger partial charge is 0.381 e. The Morgan fingerprint density at radius 3 is 2.80 bits per heavy atom. The number of thioether (sulfide) groups is 1. The predicted molar refractivity (Wildman–Crippen MR) is 55.3 cm³/mol. The molecule has 1 aromatic rings. The van der Waals surface area contributed by atoms with Crippen molar-refractivity contribution in [2.75, 3.05) is 11.1 Å². The molecule has 1 atom stereocenters. The van der Waals surface area contributed by atoms with E-state index >= 15 is 0 Å². The average molecular weight is 233 g/mol. The number of hydrogen-bond acceptors (Lipinski definition) is 2. The normalized spacial score (nSPS) is 20.7. The van der Waals surface area contributed by atoms with Crippen LogP contribution < -0.4 is 5.32 Å². The van der Waals surface area contributed by atoms with Crippen LogP contribution >= 0.6 is 11.8 Å². The lowest BCUT2D eigenvalue weighted by molar-refractivity contribution is -0.137. The highest BCUT2D eigenvalue weighted by molar-refractivity contribution is 7.99. The minimum atomic E-state index is -4.26. The molecule has 0 radical (unpaired) electrons. The van der Waals surface area contributed by atoms with E-state index in [1.807, 2.05) is 6.92 Å². The Morgan fingerprint density at radius 1 is 1.40 bits per heavy atom. The summed E-state index contributed by atoms with van der Waals surface area (Å²) in [5.41, 5.74) is -0.00275. The van der Waals surface area contributed by atoms with Gasteiger partial charge in [0.2, 0.25) is 0 Å². The van der Waals surface area contributed by atoms with Gasteiger partial charge in [-0.2, -0.15) is 13.2 Å². The predicted octanol–water partition coefficient (Wildman–Crippen LogP) is 3.61. The lowest BCUT2D eigenvalue weighted by Gasteiger charge is -2.24. The number of fused-ring (bicyclic) bond motifs is 1. The first-order valence-electron chi connectivity index (χ1n) is 4.57. The van der Waals surface area contributed by atoms with Crippen LogP contribution in [0, 0.1) is 0 Å². The molecule has 1 nitrogen and oxygen atoms in total. The third-order valence-corrected chi connectivity index (χ3v) is 3.53. The van der Waals surface area contributed by atoms with Gasteiger partial charge in [-0.3, -0.25) is 0 Å². The Labute approximate surface area is 90.1 Å². The molecule has 0 saturated carbocycles. The molecular weight excluding hydrogens is 223 g/mol. The van der Waals surface area contributed by atoms with Gasteiger partial charge in [0.15, 0.2) is 0 Å². The molecule has 0 spiro atoms. The van der Waals surface area contributed by atoms with Gasteiger partial charge in [0.1, 0.15) is 0 Å². The molecule has 5 heteroatoms. The Bertz CT molecular complexity index is 375. The van der Waals surface area contributed by atoms with Gasteiger partial charge in [-0.15, -0.1) is 11.8 Å². The third-order valence-electron chi connectivity index (χ3n) is 2.20. The standard InChI is InChI=1S/C10H10F3NS/c1-6-5-15-9-3-2-7(10(11,12)13)4-8(9)14-6/h2-4,6,14H,5H2,1H3. The van der Waals surface area contributed by atoms with Gasteiger partial charge in [0.25, 0.3) is 0 Å². The fraction of sp³-hybridized carbons (Fsp3) is 0.400. The number of rotatable bonds is 0. The second-order valence-corrected chi connectivity index (χ2v) is 4.63. The molecule has 1 aliphatic heterocycles. The lowest BCUT2D eigenvalue weighted by Crippen LogP contribution is -2.22. The molecule has 1 heterocycles. The third kappa shape index (κ3) is 2.22. The van der Waals surface area contributed by atoms with E-state index in [2.05, 4.69) is 5.32 Å². The highest BCUT2D eigenvalue weighted by atomic mass is 32.2. The number of halogens is 3. The van der Waals surface area contributed by atoms with E-state index in [1.54, 1.807) is 11.8 Å². The molecule has 15 heavy (non-hydrogen) atoms. The molecule has 1 unspecified atom stereocenters. The van der Waals surface area contributed by atoms with E-state index in [-0.39, 0.29) is 6.04 Å². The summed E-state index contributed by atoms with van der Waals surface area (Å²) in [5.74, 6) is 0.887. The van der Waals surface area contributed by atoms with Crippen LogP contribution in [0.1, 0.15) is 12.5 Å². The summed E-state index contributed by atoms with van der Waals surface area (Å²) in [4.78, 5) is 0.890. The van der Waals surface area contributed by atoms with Crippen LogP contribution in [0.2, 0.25) is 0 Å². The number of nitrogens with one attached hydrogen (secondary N) is 1. The minimum Gasteiger partial charge on any atom is -0.381 e. The maximum absolute atomic E-state index is 12.4. The zero-order chi connectivity index (χ0) is 11.1. The van der Waals surface area contributed by atoms with E-state index in [4.69, 9.17) is 0 Å². The molecule has 0 aromatic heterocycles. The molecule has 2 rings (SSSR count). The molecule has 1 aliphatic rings. The summed E-state index contributed by atoms with van der Waals surface area (Å²) >= 11 is 1.59. The summed E-state index contributed by atoms with van der Waals surface area (Å²) in [6.45, 7) is 1.95. The summed E-state index contributed by atoms with van der Waals surface area (Å²) in [7, 11) is 0. The van der Waals surface area contributed by atoms with Gasteiger partial charge in [-0.25, -0.2) is 0 Å². The Kier molecular flexibility index (Phi) is 2.58. The first-order valence-corrected chi connectivity index (χ1v) is 5.56. The number of anilines is 1. The van der Waals surface area contributed by atoms with Crippen molar-refractivity contribution in [1.29, 1.82) is 0 Å². The molecular formula is C10H10F3NS. The van der Waals surface area contributed by atoms with Crippen molar-refractivity contribution >= 4 is 17.4 Å². The van der Waals surface area contributed by atoms with Crippen molar-refractivity contribution in [3.05, 3.63) is 23.8 Å². The number of hydrogen-bond donors (Lipinski definition) is 1. The lowest BCUT2D eigenvalue weighted by atomic mass is 10.2. The number of benzene rings is 1. The monoisotopic (exact) mass is 233 g/mol. The first-order chi connectivity index (χ1) is 6.97. The molecule has 0 amide bonds. The fourth-order valence-electron chi connectivity index (χ4n) is 1.47. The fourth-order valence-corrected chi connectivity index (χ4v) is 2.42. The maximum Gasteiger partial charge on any atom is 0.416 e. The Hall–Kier alpha value is -0.840. The van der Waals surface area contributed by atoms with E-state index in [1.165, 1.54) is 12.1 Å². The Morgan fingerprint density at radius 2 is 2.13 bits per heavy atom. The van der Waals surface area contributed by atoms with Crippen LogP contribution in [-0.2, 0) is 6.18 Å². The van der Waals surface area contributed by atoms with Crippen LogP contribution in [0.15, 0.2) is 23.1 Å². The van der Waals surface area contributed by atoms with Gasteiger partial charge in [-0.05, 0) is 25.1 Å². The van der Waals surface area contributed by atoms with Gasteiger partial charge in [0.05, 0.1) is 5.56 Å². The van der Waals surface area contributed by atoms with Crippen molar-refractivity contribution in [3.8, 4) is 0 Å². The minimum absolute atomic E-state index is 0.214.